The van der Waals surface area contributed by atoms with Gasteiger partial charge in [0.25, 0.3) is 0 Å². The standard InChI is InChI=1S/C19H19ClN2O2/c1-14-12-15(20)8-9-18(14)23-10-4-5-11-24-19-16-6-2-3-7-17(16)21-13-22-19/h2-3,6-9,12-13H,4-5,10-11H2,1H3. The molecule has 3 rings (SSSR count). The average Bonchev–Trinajstić information content (AvgIpc) is 2.59. The van der Waals surface area contributed by atoms with Crippen LogP contribution in [0.5, 0.6) is 11.6 Å². The molecular formula is C19H19ClN2O2. The highest BCUT2D eigenvalue weighted by Gasteiger charge is 2.04. The molecule has 2 aromatic carbocycles. The molecular weight excluding hydrogens is 324 g/mol. The smallest absolute Gasteiger partial charge is 0.224 e. The first-order valence-corrected chi connectivity index (χ1v) is 8.33. The van der Waals surface area contributed by atoms with E-state index in [9.17, 15) is 0 Å². The highest BCUT2D eigenvalue weighted by Crippen LogP contribution is 2.22. The fourth-order valence-corrected chi connectivity index (χ4v) is 2.65. The molecule has 0 saturated carbocycles. The van der Waals surface area contributed by atoms with Gasteiger partial charge in [-0.05, 0) is 55.7 Å². The molecule has 5 heteroatoms. The Morgan fingerprint density at radius 3 is 2.58 bits per heavy atom. The molecule has 0 aliphatic heterocycles. The summed E-state index contributed by atoms with van der Waals surface area (Å²) in [7, 11) is 0. The number of hydrogen-bond acceptors (Lipinski definition) is 4. The van der Waals surface area contributed by atoms with Crippen LogP contribution in [0.25, 0.3) is 10.9 Å². The van der Waals surface area contributed by atoms with Gasteiger partial charge >= 0.3 is 0 Å². The van der Waals surface area contributed by atoms with Crippen LogP contribution in [0.1, 0.15) is 18.4 Å². The third kappa shape index (κ3) is 4.15. The number of aromatic nitrogens is 2. The summed E-state index contributed by atoms with van der Waals surface area (Å²) in [5.74, 6) is 1.51. The molecule has 0 saturated heterocycles. The summed E-state index contributed by atoms with van der Waals surface area (Å²) in [6.45, 7) is 3.24. The maximum atomic E-state index is 5.94. The third-order valence-electron chi connectivity index (χ3n) is 3.68. The second kappa shape index (κ2) is 7.97. The lowest BCUT2D eigenvalue weighted by atomic mass is 10.2. The first-order chi connectivity index (χ1) is 11.7. The number of para-hydroxylation sites is 1. The van der Waals surface area contributed by atoms with Gasteiger partial charge in [0.05, 0.1) is 24.1 Å². The Hall–Kier alpha value is -2.33. The van der Waals surface area contributed by atoms with E-state index in [1.54, 1.807) is 0 Å². The van der Waals surface area contributed by atoms with Gasteiger partial charge in [-0.3, -0.25) is 0 Å². The van der Waals surface area contributed by atoms with Gasteiger partial charge in [-0.2, -0.15) is 0 Å². The molecule has 0 amide bonds. The number of fused-ring (bicyclic) bond motifs is 1. The molecule has 4 nitrogen and oxygen atoms in total. The van der Waals surface area contributed by atoms with Gasteiger partial charge in [-0.1, -0.05) is 23.7 Å². The molecule has 0 unspecified atom stereocenters. The predicted molar refractivity (Wildman–Crippen MR) is 96.0 cm³/mol. The Bertz CT molecular complexity index is 818. The van der Waals surface area contributed by atoms with Crippen molar-refractivity contribution in [1.82, 2.24) is 9.97 Å². The summed E-state index contributed by atoms with van der Waals surface area (Å²) in [6.07, 6.45) is 3.33. The van der Waals surface area contributed by atoms with Crippen LogP contribution in [0.4, 0.5) is 0 Å². The van der Waals surface area contributed by atoms with Crippen LogP contribution in [0, 0.1) is 6.92 Å². The van der Waals surface area contributed by atoms with E-state index >= 15 is 0 Å². The average molecular weight is 343 g/mol. The minimum Gasteiger partial charge on any atom is -0.493 e. The van der Waals surface area contributed by atoms with Crippen LogP contribution < -0.4 is 9.47 Å². The second-order valence-corrected chi connectivity index (χ2v) is 5.95. The van der Waals surface area contributed by atoms with E-state index in [0.29, 0.717) is 19.1 Å². The van der Waals surface area contributed by atoms with Crippen LogP contribution in [0.2, 0.25) is 5.02 Å². The lowest BCUT2D eigenvalue weighted by Crippen LogP contribution is -2.04. The van der Waals surface area contributed by atoms with Crippen molar-refractivity contribution in [2.45, 2.75) is 19.8 Å². The molecule has 0 aliphatic carbocycles. The van der Waals surface area contributed by atoms with Crippen LogP contribution in [-0.2, 0) is 0 Å². The lowest BCUT2D eigenvalue weighted by molar-refractivity contribution is 0.262. The van der Waals surface area contributed by atoms with E-state index in [-0.39, 0.29) is 0 Å². The van der Waals surface area contributed by atoms with Crippen LogP contribution >= 0.6 is 11.6 Å². The van der Waals surface area contributed by atoms with Gasteiger partial charge in [-0.25, -0.2) is 9.97 Å². The molecule has 1 heterocycles. The van der Waals surface area contributed by atoms with Gasteiger partial charge in [0.15, 0.2) is 0 Å². The summed E-state index contributed by atoms with van der Waals surface area (Å²) < 4.78 is 11.6. The Labute approximate surface area is 146 Å². The zero-order chi connectivity index (χ0) is 16.8. The number of rotatable bonds is 7. The van der Waals surface area contributed by atoms with Gasteiger partial charge in [0, 0.05) is 5.02 Å². The van der Waals surface area contributed by atoms with Crippen molar-refractivity contribution in [3.63, 3.8) is 0 Å². The van der Waals surface area contributed by atoms with Crippen molar-refractivity contribution in [2.24, 2.45) is 0 Å². The van der Waals surface area contributed by atoms with Crippen molar-refractivity contribution in [3.05, 3.63) is 59.4 Å². The molecule has 0 aliphatic rings. The molecule has 0 bridgehead atoms. The number of halogens is 1. The maximum Gasteiger partial charge on any atom is 0.224 e. The Morgan fingerprint density at radius 1 is 0.958 bits per heavy atom. The van der Waals surface area contributed by atoms with E-state index in [1.165, 1.54) is 6.33 Å². The summed E-state index contributed by atoms with van der Waals surface area (Å²) in [4.78, 5) is 8.44. The number of aryl methyl sites for hydroxylation is 1. The summed E-state index contributed by atoms with van der Waals surface area (Å²) in [5.41, 5.74) is 1.94. The number of benzene rings is 2. The first kappa shape index (κ1) is 16.5. The zero-order valence-corrected chi connectivity index (χ0v) is 14.3. The number of unbranched alkanes of at least 4 members (excludes halogenated alkanes) is 1. The Morgan fingerprint density at radius 2 is 1.75 bits per heavy atom. The minimum absolute atomic E-state index is 0.601. The summed E-state index contributed by atoms with van der Waals surface area (Å²) in [6, 6.07) is 13.5. The molecule has 1 aromatic heterocycles. The van der Waals surface area contributed by atoms with Crippen molar-refractivity contribution >= 4 is 22.5 Å². The first-order valence-electron chi connectivity index (χ1n) is 7.95. The fourth-order valence-electron chi connectivity index (χ4n) is 2.42. The maximum absolute atomic E-state index is 5.94. The molecule has 0 radical (unpaired) electrons. The number of nitrogens with zero attached hydrogens (tertiary/aromatic N) is 2. The van der Waals surface area contributed by atoms with E-state index in [0.717, 1.165) is 40.1 Å². The molecule has 24 heavy (non-hydrogen) atoms. The van der Waals surface area contributed by atoms with E-state index in [4.69, 9.17) is 21.1 Å². The SMILES string of the molecule is Cc1cc(Cl)ccc1OCCCCOc1ncnc2ccccc12. The van der Waals surface area contributed by atoms with Crippen molar-refractivity contribution in [1.29, 1.82) is 0 Å². The molecule has 3 aromatic rings. The number of ether oxygens (including phenoxy) is 2. The molecule has 0 N–H and O–H groups in total. The normalized spacial score (nSPS) is 10.8. The van der Waals surface area contributed by atoms with Gasteiger partial charge in [0.1, 0.15) is 12.1 Å². The molecule has 124 valence electrons. The highest BCUT2D eigenvalue weighted by molar-refractivity contribution is 6.30. The Kier molecular flexibility index (Phi) is 5.49. The van der Waals surface area contributed by atoms with Crippen LogP contribution in [-0.4, -0.2) is 23.2 Å². The van der Waals surface area contributed by atoms with Gasteiger partial charge in [-0.15, -0.1) is 0 Å². The monoisotopic (exact) mass is 342 g/mol. The third-order valence-corrected chi connectivity index (χ3v) is 3.91. The minimum atomic E-state index is 0.601. The summed E-state index contributed by atoms with van der Waals surface area (Å²) in [5, 5.41) is 1.67. The Balaban J connectivity index is 1.44. The second-order valence-electron chi connectivity index (χ2n) is 5.51. The molecule has 0 atom stereocenters. The number of hydrogen-bond donors (Lipinski definition) is 0. The van der Waals surface area contributed by atoms with E-state index in [1.807, 2.05) is 49.4 Å². The molecule has 0 fully saturated rings. The van der Waals surface area contributed by atoms with E-state index < -0.39 is 0 Å². The zero-order valence-electron chi connectivity index (χ0n) is 13.5. The quantitative estimate of drug-likeness (QED) is 0.577. The summed E-state index contributed by atoms with van der Waals surface area (Å²) >= 11 is 5.94. The lowest BCUT2D eigenvalue weighted by Gasteiger charge is -2.10. The fraction of sp³-hybridized carbons (Fsp3) is 0.263. The highest BCUT2D eigenvalue weighted by atomic mass is 35.5. The van der Waals surface area contributed by atoms with Gasteiger partial charge in [0.2, 0.25) is 5.88 Å². The van der Waals surface area contributed by atoms with Crippen molar-refractivity contribution < 1.29 is 9.47 Å². The van der Waals surface area contributed by atoms with Crippen LogP contribution in [0.15, 0.2) is 48.8 Å². The largest absolute Gasteiger partial charge is 0.493 e. The molecule has 0 spiro atoms. The van der Waals surface area contributed by atoms with Crippen molar-refractivity contribution in [2.75, 3.05) is 13.2 Å². The van der Waals surface area contributed by atoms with Gasteiger partial charge < -0.3 is 9.47 Å². The predicted octanol–water partition coefficient (Wildman–Crippen LogP) is 4.83. The van der Waals surface area contributed by atoms with E-state index in [2.05, 4.69) is 9.97 Å². The van der Waals surface area contributed by atoms with Crippen molar-refractivity contribution in [3.8, 4) is 11.6 Å². The topological polar surface area (TPSA) is 44.2 Å². The van der Waals surface area contributed by atoms with Crippen LogP contribution in [0.3, 0.4) is 0 Å².